The Morgan fingerprint density at radius 2 is 1.81 bits per heavy atom. The Morgan fingerprint density at radius 1 is 1.08 bits per heavy atom. The molecule has 1 aliphatic rings. The van der Waals surface area contributed by atoms with Crippen LogP contribution in [0.25, 0.3) is 0 Å². The third kappa shape index (κ3) is 9.97. The maximum absolute atomic E-state index is 11.0. The molecule has 1 aliphatic heterocycles. The van der Waals surface area contributed by atoms with E-state index in [4.69, 9.17) is 9.47 Å². The number of guanidine groups is 1. The van der Waals surface area contributed by atoms with Crippen molar-refractivity contribution in [3.05, 3.63) is 0 Å². The largest absolute Gasteiger partial charge is 0.469 e. The van der Waals surface area contributed by atoms with Crippen molar-refractivity contribution < 1.29 is 19.0 Å². The molecule has 0 unspecified atom stereocenters. The average molecular weight is 372 g/mol. The summed E-state index contributed by atoms with van der Waals surface area (Å²) >= 11 is 0. The Labute approximate surface area is 158 Å². The van der Waals surface area contributed by atoms with Crippen molar-refractivity contribution >= 4 is 11.9 Å². The van der Waals surface area contributed by atoms with E-state index in [1.54, 1.807) is 7.11 Å². The molecular weight excluding hydrogens is 334 g/mol. The zero-order chi connectivity index (χ0) is 19.0. The molecule has 0 spiro atoms. The first kappa shape index (κ1) is 22.7. The number of carbonyl (C=O) groups is 1. The van der Waals surface area contributed by atoms with Gasteiger partial charge in [-0.25, -0.2) is 0 Å². The van der Waals surface area contributed by atoms with E-state index in [9.17, 15) is 4.79 Å². The van der Waals surface area contributed by atoms with E-state index < -0.39 is 0 Å². The number of rotatable bonds is 12. The number of unbranched alkanes of at least 4 members (excludes halogenated alkanes) is 3. The molecule has 0 aromatic rings. The summed E-state index contributed by atoms with van der Waals surface area (Å²) in [6.45, 7) is 4.42. The number of nitrogens with one attached hydrogen (secondary N) is 1. The number of aliphatic imine (C=N–C) groups is 1. The molecule has 7 heteroatoms. The van der Waals surface area contributed by atoms with Gasteiger partial charge in [-0.3, -0.25) is 9.79 Å². The molecule has 1 N–H and O–H groups in total. The molecule has 0 saturated carbocycles. The Morgan fingerprint density at radius 3 is 2.46 bits per heavy atom. The second-order valence-electron chi connectivity index (χ2n) is 6.62. The molecule has 1 saturated heterocycles. The highest BCUT2D eigenvalue weighted by Crippen LogP contribution is 2.14. The van der Waals surface area contributed by atoms with Crippen LogP contribution in [0.15, 0.2) is 4.99 Å². The molecule has 0 aliphatic carbocycles. The molecule has 26 heavy (non-hydrogen) atoms. The Bertz CT molecular complexity index is 396. The van der Waals surface area contributed by atoms with Gasteiger partial charge in [0.1, 0.15) is 0 Å². The van der Waals surface area contributed by atoms with Crippen LogP contribution in [-0.2, 0) is 19.0 Å². The van der Waals surface area contributed by atoms with Crippen LogP contribution < -0.4 is 5.32 Å². The Hall–Kier alpha value is -1.34. The van der Waals surface area contributed by atoms with E-state index in [0.29, 0.717) is 12.5 Å². The van der Waals surface area contributed by atoms with Crippen LogP contribution in [0.3, 0.4) is 0 Å². The van der Waals surface area contributed by atoms with Gasteiger partial charge in [0.2, 0.25) is 0 Å². The highest BCUT2D eigenvalue weighted by Gasteiger charge is 2.21. The first-order chi connectivity index (χ1) is 12.7. The van der Waals surface area contributed by atoms with Gasteiger partial charge in [0.15, 0.2) is 5.96 Å². The van der Waals surface area contributed by atoms with Gasteiger partial charge in [-0.05, 0) is 32.1 Å². The SMILES string of the molecule is CN=C(NCCCCCCC(=O)OC)N1CCC(OCCCOC)CC1. The number of carbonyl (C=O) groups excluding carboxylic acids is 1. The molecule has 7 nitrogen and oxygen atoms in total. The third-order valence-corrected chi connectivity index (χ3v) is 4.62. The summed E-state index contributed by atoms with van der Waals surface area (Å²) in [5.74, 6) is 0.868. The zero-order valence-corrected chi connectivity index (χ0v) is 16.8. The van der Waals surface area contributed by atoms with Crippen LogP contribution >= 0.6 is 0 Å². The monoisotopic (exact) mass is 371 g/mol. The maximum Gasteiger partial charge on any atom is 0.305 e. The van der Waals surface area contributed by atoms with E-state index in [0.717, 1.165) is 83.8 Å². The van der Waals surface area contributed by atoms with Gasteiger partial charge < -0.3 is 24.4 Å². The maximum atomic E-state index is 11.0. The van der Waals surface area contributed by atoms with E-state index in [2.05, 4.69) is 19.9 Å². The van der Waals surface area contributed by atoms with Crippen LogP contribution in [0.5, 0.6) is 0 Å². The number of methoxy groups -OCH3 is 2. The fourth-order valence-electron chi connectivity index (χ4n) is 3.07. The molecular formula is C19H37N3O4. The highest BCUT2D eigenvalue weighted by atomic mass is 16.5. The van der Waals surface area contributed by atoms with Gasteiger partial charge in [0, 0.05) is 53.4 Å². The molecule has 152 valence electrons. The smallest absolute Gasteiger partial charge is 0.305 e. The normalized spacial score (nSPS) is 16.0. The zero-order valence-electron chi connectivity index (χ0n) is 16.8. The summed E-state index contributed by atoms with van der Waals surface area (Å²) < 4.78 is 15.6. The summed E-state index contributed by atoms with van der Waals surface area (Å²) in [5.41, 5.74) is 0. The fraction of sp³-hybridized carbons (Fsp3) is 0.895. The van der Waals surface area contributed by atoms with Gasteiger partial charge in [0.05, 0.1) is 13.2 Å². The standard InChI is InChI=1S/C19H37N3O4/c1-20-19(21-12-7-5-4-6-9-18(23)25-3)22-13-10-17(11-14-22)26-16-8-15-24-2/h17H,4-16H2,1-3H3,(H,20,21). The first-order valence-electron chi connectivity index (χ1n) is 9.84. The minimum absolute atomic E-state index is 0.116. The summed E-state index contributed by atoms with van der Waals surface area (Å²) in [6.07, 6.45) is 8.07. The van der Waals surface area contributed by atoms with E-state index >= 15 is 0 Å². The quantitative estimate of drug-likeness (QED) is 0.245. The number of likely N-dealkylation sites (tertiary alicyclic amines) is 1. The van der Waals surface area contributed by atoms with Crippen LogP contribution in [0.2, 0.25) is 0 Å². The summed E-state index contributed by atoms with van der Waals surface area (Å²) in [4.78, 5) is 17.8. The van der Waals surface area contributed by atoms with Crippen LogP contribution in [-0.4, -0.2) is 77.0 Å². The van der Waals surface area contributed by atoms with Gasteiger partial charge >= 0.3 is 5.97 Å². The molecule has 1 rings (SSSR count). The van der Waals surface area contributed by atoms with E-state index in [1.165, 1.54) is 7.11 Å². The molecule has 0 atom stereocenters. The third-order valence-electron chi connectivity index (χ3n) is 4.62. The fourth-order valence-corrected chi connectivity index (χ4v) is 3.07. The number of esters is 1. The second kappa shape index (κ2) is 14.8. The number of ether oxygens (including phenoxy) is 3. The van der Waals surface area contributed by atoms with Crippen LogP contribution in [0.4, 0.5) is 0 Å². The predicted octanol–water partition coefficient (Wildman–Crippen LogP) is 2.20. The summed E-state index contributed by atoms with van der Waals surface area (Å²) in [7, 11) is 5.00. The predicted molar refractivity (Wildman–Crippen MR) is 104 cm³/mol. The van der Waals surface area contributed by atoms with Crippen LogP contribution in [0.1, 0.15) is 51.4 Å². The molecule has 1 fully saturated rings. The molecule has 0 radical (unpaired) electrons. The molecule has 0 bridgehead atoms. The van der Waals surface area contributed by atoms with Crippen molar-refractivity contribution in [1.82, 2.24) is 10.2 Å². The van der Waals surface area contributed by atoms with Gasteiger partial charge in [-0.15, -0.1) is 0 Å². The molecule has 0 aromatic carbocycles. The van der Waals surface area contributed by atoms with Crippen molar-refractivity contribution in [3.63, 3.8) is 0 Å². The van der Waals surface area contributed by atoms with E-state index in [1.807, 2.05) is 7.05 Å². The Kier molecular flexibility index (Phi) is 12.9. The lowest BCUT2D eigenvalue weighted by atomic mass is 10.1. The topological polar surface area (TPSA) is 72.4 Å². The summed E-state index contributed by atoms with van der Waals surface area (Å²) in [6, 6.07) is 0. The number of piperidine rings is 1. The lowest BCUT2D eigenvalue weighted by Gasteiger charge is -2.34. The number of hydrogen-bond donors (Lipinski definition) is 1. The lowest BCUT2D eigenvalue weighted by Crippen LogP contribution is -2.47. The second-order valence-corrected chi connectivity index (χ2v) is 6.62. The summed E-state index contributed by atoms with van der Waals surface area (Å²) in [5, 5.41) is 3.45. The van der Waals surface area contributed by atoms with Crippen LogP contribution in [0, 0.1) is 0 Å². The first-order valence-corrected chi connectivity index (χ1v) is 9.84. The van der Waals surface area contributed by atoms with Crippen molar-refractivity contribution in [3.8, 4) is 0 Å². The van der Waals surface area contributed by atoms with Gasteiger partial charge in [-0.1, -0.05) is 12.8 Å². The van der Waals surface area contributed by atoms with Gasteiger partial charge in [-0.2, -0.15) is 0 Å². The van der Waals surface area contributed by atoms with E-state index in [-0.39, 0.29) is 5.97 Å². The average Bonchev–Trinajstić information content (AvgIpc) is 2.68. The van der Waals surface area contributed by atoms with Crippen molar-refractivity contribution in [2.45, 2.75) is 57.5 Å². The molecule has 0 amide bonds. The van der Waals surface area contributed by atoms with Gasteiger partial charge in [0.25, 0.3) is 0 Å². The van der Waals surface area contributed by atoms with Crippen molar-refractivity contribution in [2.75, 3.05) is 54.1 Å². The van der Waals surface area contributed by atoms with Crippen molar-refractivity contribution in [2.24, 2.45) is 4.99 Å². The minimum Gasteiger partial charge on any atom is -0.469 e. The highest BCUT2D eigenvalue weighted by molar-refractivity contribution is 5.79. The molecule has 0 aromatic heterocycles. The minimum atomic E-state index is -0.116. The lowest BCUT2D eigenvalue weighted by molar-refractivity contribution is -0.140. The Balaban J connectivity index is 2.09. The number of nitrogens with zero attached hydrogens (tertiary/aromatic N) is 2. The molecule has 1 heterocycles. The van der Waals surface area contributed by atoms with Crippen molar-refractivity contribution in [1.29, 1.82) is 0 Å². The number of hydrogen-bond acceptors (Lipinski definition) is 5.